The minimum Gasteiger partial charge on any atom is -0.289 e. The van der Waals surface area contributed by atoms with Crippen molar-refractivity contribution in [3.05, 3.63) is 82.9 Å². The maximum atomic E-state index is 12.8. The molecule has 0 radical (unpaired) electrons. The molecule has 2 aromatic carbocycles. The zero-order chi connectivity index (χ0) is 15.2. The summed E-state index contributed by atoms with van der Waals surface area (Å²) in [6.07, 6.45) is 8.01. The monoisotopic (exact) mass is 288 g/mol. The van der Waals surface area contributed by atoms with Gasteiger partial charge in [0, 0.05) is 11.1 Å². The van der Waals surface area contributed by atoms with Gasteiger partial charge in [-0.2, -0.15) is 0 Å². The summed E-state index contributed by atoms with van der Waals surface area (Å²) in [5.41, 5.74) is 4.08. The fourth-order valence-corrected chi connectivity index (χ4v) is 2.84. The fraction of sp³-hybridized carbons (Fsp3) is 0.190. The molecule has 0 spiro atoms. The normalized spacial score (nSPS) is 19.4. The van der Waals surface area contributed by atoms with E-state index in [1.165, 1.54) is 0 Å². The van der Waals surface area contributed by atoms with Gasteiger partial charge < -0.3 is 0 Å². The van der Waals surface area contributed by atoms with Crippen molar-refractivity contribution in [2.45, 2.75) is 25.7 Å². The molecule has 0 saturated heterocycles. The van der Waals surface area contributed by atoms with E-state index in [-0.39, 0.29) is 5.78 Å². The summed E-state index contributed by atoms with van der Waals surface area (Å²) in [6.45, 7) is 0. The second kappa shape index (κ2) is 7.04. The van der Waals surface area contributed by atoms with Crippen molar-refractivity contribution in [2.24, 2.45) is 0 Å². The van der Waals surface area contributed by atoms with E-state index in [4.69, 9.17) is 0 Å². The van der Waals surface area contributed by atoms with Crippen LogP contribution in [0.3, 0.4) is 0 Å². The maximum Gasteiger partial charge on any atom is 0.185 e. The maximum absolute atomic E-state index is 12.8. The van der Waals surface area contributed by atoms with Crippen LogP contribution in [0.25, 0.3) is 12.2 Å². The van der Waals surface area contributed by atoms with Crippen LogP contribution in [0.15, 0.2) is 71.8 Å². The molecule has 1 nitrogen and oxygen atoms in total. The Kier molecular flexibility index (Phi) is 4.65. The van der Waals surface area contributed by atoms with Crippen LogP contribution in [0, 0.1) is 0 Å². The van der Waals surface area contributed by atoms with Crippen LogP contribution in [0.1, 0.15) is 36.8 Å². The molecule has 1 aliphatic rings. The van der Waals surface area contributed by atoms with Crippen LogP contribution < -0.4 is 0 Å². The van der Waals surface area contributed by atoms with Gasteiger partial charge in [0.05, 0.1) is 0 Å². The first-order chi connectivity index (χ1) is 10.8. The predicted octanol–water partition coefficient (Wildman–Crippen LogP) is 5.30. The average molecular weight is 288 g/mol. The second-order valence-corrected chi connectivity index (χ2v) is 5.70. The minimum absolute atomic E-state index is 0.213. The number of carbonyl (C=O) groups is 1. The van der Waals surface area contributed by atoms with Crippen molar-refractivity contribution in [2.75, 3.05) is 0 Å². The predicted molar refractivity (Wildman–Crippen MR) is 92.3 cm³/mol. The molecule has 1 fully saturated rings. The third-order valence-corrected chi connectivity index (χ3v) is 4.01. The van der Waals surface area contributed by atoms with Crippen molar-refractivity contribution in [3.8, 4) is 0 Å². The third-order valence-electron chi connectivity index (χ3n) is 4.01. The Morgan fingerprint density at radius 1 is 0.636 bits per heavy atom. The van der Waals surface area contributed by atoms with Gasteiger partial charge in [-0.1, -0.05) is 60.7 Å². The number of rotatable bonds is 2. The molecule has 0 N–H and O–H groups in total. The third kappa shape index (κ3) is 3.62. The van der Waals surface area contributed by atoms with E-state index in [2.05, 4.69) is 0 Å². The van der Waals surface area contributed by atoms with E-state index in [9.17, 15) is 4.79 Å². The standard InChI is InChI=1S/C21H20O/c22-21-19(15-17-9-3-1-4-10-17)13-7-8-14-20(21)16-18-11-5-2-6-12-18/h1-6,9-12,15-16H,7-8,13-14H2/b19-15+,20-16+. The SMILES string of the molecule is O=C1/C(=C/c2ccccc2)CCCC/C1=C\c1ccccc1. The molecular formula is C21H20O. The summed E-state index contributed by atoms with van der Waals surface area (Å²) in [6, 6.07) is 20.2. The molecule has 0 aliphatic heterocycles. The van der Waals surface area contributed by atoms with Gasteiger partial charge >= 0.3 is 0 Å². The lowest BCUT2D eigenvalue weighted by atomic mass is 9.98. The van der Waals surface area contributed by atoms with Crippen LogP contribution in [-0.4, -0.2) is 5.78 Å². The Morgan fingerprint density at radius 2 is 1.05 bits per heavy atom. The van der Waals surface area contributed by atoms with E-state index >= 15 is 0 Å². The van der Waals surface area contributed by atoms with Crippen LogP contribution >= 0.6 is 0 Å². The van der Waals surface area contributed by atoms with Crippen molar-refractivity contribution in [1.29, 1.82) is 0 Å². The summed E-state index contributed by atoms with van der Waals surface area (Å²) < 4.78 is 0. The summed E-state index contributed by atoms with van der Waals surface area (Å²) in [5.74, 6) is 0.213. The Labute approximate surface area is 132 Å². The van der Waals surface area contributed by atoms with Gasteiger partial charge in [0.2, 0.25) is 0 Å². The van der Waals surface area contributed by atoms with Gasteiger partial charge in [0.15, 0.2) is 5.78 Å². The van der Waals surface area contributed by atoms with Gasteiger partial charge in [0.25, 0.3) is 0 Å². The van der Waals surface area contributed by atoms with E-state index in [0.29, 0.717) is 0 Å². The average Bonchev–Trinajstić information content (AvgIpc) is 2.73. The summed E-state index contributed by atoms with van der Waals surface area (Å²) in [4.78, 5) is 12.8. The molecule has 0 bridgehead atoms. The van der Waals surface area contributed by atoms with Crippen molar-refractivity contribution >= 4 is 17.9 Å². The molecule has 2 aromatic rings. The highest BCUT2D eigenvalue weighted by molar-refractivity contribution is 6.13. The Bertz CT molecular complexity index is 632. The first-order valence-corrected chi connectivity index (χ1v) is 7.89. The molecule has 1 aliphatic carbocycles. The van der Waals surface area contributed by atoms with Crippen molar-refractivity contribution < 1.29 is 4.79 Å². The van der Waals surface area contributed by atoms with Gasteiger partial charge in [-0.25, -0.2) is 0 Å². The lowest BCUT2D eigenvalue weighted by Crippen LogP contribution is -2.03. The fourth-order valence-electron chi connectivity index (χ4n) is 2.84. The number of benzene rings is 2. The summed E-state index contributed by atoms with van der Waals surface area (Å²) in [7, 11) is 0. The molecular weight excluding hydrogens is 268 g/mol. The molecule has 1 saturated carbocycles. The topological polar surface area (TPSA) is 17.1 Å². The number of hydrogen-bond acceptors (Lipinski definition) is 1. The zero-order valence-electron chi connectivity index (χ0n) is 12.7. The van der Waals surface area contributed by atoms with E-state index in [1.807, 2.05) is 72.8 Å². The molecule has 110 valence electrons. The number of hydrogen-bond donors (Lipinski definition) is 0. The summed E-state index contributed by atoms with van der Waals surface area (Å²) >= 11 is 0. The molecule has 0 atom stereocenters. The van der Waals surface area contributed by atoms with E-state index in [1.54, 1.807) is 0 Å². The minimum atomic E-state index is 0.213. The highest BCUT2D eigenvalue weighted by atomic mass is 16.1. The quantitative estimate of drug-likeness (QED) is 0.541. The Balaban J connectivity index is 1.91. The van der Waals surface area contributed by atoms with Crippen LogP contribution in [-0.2, 0) is 4.79 Å². The van der Waals surface area contributed by atoms with Gasteiger partial charge in [-0.05, 0) is 49.0 Å². The lowest BCUT2D eigenvalue weighted by molar-refractivity contribution is -0.112. The first kappa shape index (κ1) is 14.5. The van der Waals surface area contributed by atoms with Crippen molar-refractivity contribution in [1.82, 2.24) is 0 Å². The molecule has 0 amide bonds. The van der Waals surface area contributed by atoms with Crippen LogP contribution in [0.2, 0.25) is 0 Å². The number of ketones is 1. The largest absolute Gasteiger partial charge is 0.289 e. The molecule has 0 aromatic heterocycles. The highest BCUT2D eigenvalue weighted by Crippen LogP contribution is 2.26. The number of carbonyl (C=O) groups excluding carboxylic acids is 1. The molecule has 3 rings (SSSR count). The second-order valence-electron chi connectivity index (χ2n) is 5.70. The van der Waals surface area contributed by atoms with E-state index < -0.39 is 0 Å². The Hall–Kier alpha value is -2.41. The molecule has 22 heavy (non-hydrogen) atoms. The highest BCUT2D eigenvalue weighted by Gasteiger charge is 2.18. The zero-order valence-corrected chi connectivity index (χ0v) is 12.7. The molecule has 0 unspecified atom stereocenters. The van der Waals surface area contributed by atoms with Gasteiger partial charge in [0.1, 0.15) is 0 Å². The van der Waals surface area contributed by atoms with Crippen LogP contribution in [0.5, 0.6) is 0 Å². The van der Waals surface area contributed by atoms with Crippen molar-refractivity contribution in [3.63, 3.8) is 0 Å². The van der Waals surface area contributed by atoms with E-state index in [0.717, 1.165) is 48.0 Å². The van der Waals surface area contributed by atoms with Gasteiger partial charge in [-0.15, -0.1) is 0 Å². The summed E-state index contributed by atoms with van der Waals surface area (Å²) in [5, 5.41) is 0. The lowest BCUT2D eigenvalue weighted by Gasteiger charge is -2.05. The first-order valence-electron chi connectivity index (χ1n) is 7.89. The smallest absolute Gasteiger partial charge is 0.185 e. The molecule has 0 heterocycles. The number of allylic oxidation sites excluding steroid dienone is 2. The van der Waals surface area contributed by atoms with Gasteiger partial charge in [-0.3, -0.25) is 4.79 Å². The van der Waals surface area contributed by atoms with Crippen LogP contribution in [0.4, 0.5) is 0 Å². The number of Topliss-reactive ketones (excluding diaryl/α,β-unsaturated/α-hetero) is 1. The Morgan fingerprint density at radius 3 is 1.45 bits per heavy atom. The molecule has 1 heteroatoms.